The summed E-state index contributed by atoms with van der Waals surface area (Å²) in [5, 5.41) is 8.32. The second-order valence-electron chi connectivity index (χ2n) is 4.74. The van der Waals surface area contributed by atoms with Gasteiger partial charge < -0.3 is 5.73 Å². The molecule has 0 aliphatic rings. The highest BCUT2D eigenvalue weighted by Crippen LogP contribution is 2.17. The van der Waals surface area contributed by atoms with Gasteiger partial charge in [0.2, 0.25) is 0 Å². The molecule has 0 unspecified atom stereocenters. The van der Waals surface area contributed by atoms with Crippen molar-refractivity contribution in [1.82, 2.24) is 15.0 Å². The van der Waals surface area contributed by atoms with Crippen LogP contribution >= 0.6 is 0 Å². The first-order valence-electron chi connectivity index (χ1n) is 6.71. The van der Waals surface area contributed by atoms with Crippen molar-refractivity contribution in [2.45, 2.75) is 13.0 Å². The number of aromatic nitrogens is 3. The zero-order valence-corrected chi connectivity index (χ0v) is 11.4. The highest BCUT2D eigenvalue weighted by atomic mass is 19.1. The zero-order chi connectivity index (χ0) is 14.7. The number of para-hydroxylation sites is 1. The molecule has 0 saturated carbocycles. The molecule has 106 valence electrons. The van der Waals surface area contributed by atoms with Crippen LogP contribution in [-0.2, 0) is 13.0 Å². The molecule has 5 heteroatoms. The Bertz CT molecular complexity index is 720. The first kappa shape index (κ1) is 13.5. The van der Waals surface area contributed by atoms with E-state index < -0.39 is 0 Å². The number of hydrogen-bond acceptors (Lipinski definition) is 3. The summed E-state index contributed by atoms with van der Waals surface area (Å²) in [5.74, 6) is -0.243. The van der Waals surface area contributed by atoms with Crippen molar-refractivity contribution < 1.29 is 4.39 Å². The van der Waals surface area contributed by atoms with Gasteiger partial charge in [0.25, 0.3) is 0 Å². The first-order chi connectivity index (χ1) is 10.3. The smallest absolute Gasteiger partial charge is 0.123 e. The average molecular weight is 282 g/mol. The van der Waals surface area contributed by atoms with Gasteiger partial charge in [-0.1, -0.05) is 35.5 Å². The minimum absolute atomic E-state index is 0.243. The monoisotopic (exact) mass is 282 g/mol. The predicted octanol–water partition coefficient (Wildman–Crippen LogP) is 2.46. The molecule has 0 amide bonds. The summed E-state index contributed by atoms with van der Waals surface area (Å²) in [6.45, 7) is 0.323. The number of rotatable bonds is 4. The third-order valence-corrected chi connectivity index (χ3v) is 3.32. The van der Waals surface area contributed by atoms with Gasteiger partial charge in [0.05, 0.1) is 11.4 Å². The molecule has 4 nitrogen and oxygen atoms in total. The molecule has 3 aromatic rings. The molecule has 1 heterocycles. The van der Waals surface area contributed by atoms with E-state index in [1.807, 2.05) is 30.3 Å². The maximum Gasteiger partial charge on any atom is 0.123 e. The Morgan fingerprint density at radius 3 is 2.38 bits per heavy atom. The van der Waals surface area contributed by atoms with E-state index in [0.717, 1.165) is 22.6 Å². The Hall–Kier alpha value is -2.53. The van der Waals surface area contributed by atoms with Crippen molar-refractivity contribution in [3.8, 4) is 5.69 Å². The number of halogens is 1. The van der Waals surface area contributed by atoms with E-state index in [1.54, 1.807) is 16.8 Å². The van der Waals surface area contributed by atoms with Gasteiger partial charge in [-0.15, -0.1) is 5.10 Å². The van der Waals surface area contributed by atoms with E-state index >= 15 is 0 Å². The lowest BCUT2D eigenvalue weighted by molar-refractivity contribution is 0.627. The molecule has 0 fully saturated rings. The van der Waals surface area contributed by atoms with Crippen molar-refractivity contribution in [3.05, 3.63) is 77.4 Å². The fourth-order valence-corrected chi connectivity index (χ4v) is 2.24. The molecular weight excluding hydrogens is 267 g/mol. The summed E-state index contributed by atoms with van der Waals surface area (Å²) in [6, 6.07) is 16.2. The van der Waals surface area contributed by atoms with Crippen molar-refractivity contribution in [1.29, 1.82) is 0 Å². The number of nitrogens with two attached hydrogens (primary N) is 1. The average Bonchev–Trinajstić information content (AvgIpc) is 2.93. The lowest BCUT2D eigenvalue weighted by Gasteiger charge is -2.08. The summed E-state index contributed by atoms with van der Waals surface area (Å²) < 4.78 is 14.8. The van der Waals surface area contributed by atoms with Crippen LogP contribution in [0, 0.1) is 5.82 Å². The molecule has 1 aromatic heterocycles. The largest absolute Gasteiger partial charge is 0.325 e. The lowest BCUT2D eigenvalue weighted by atomic mass is 10.1. The molecular formula is C16H15FN4. The predicted molar refractivity (Wildman–Crippen MR) is 78.5 cm³/mol. The first-order valence-corrected chi connectivity index (χ1v) is 6.71. The summed E-state index contributed by atoms with van der Waals surface area (Å²) in [4.78, 5) is 0. The standard InChI is InChI=1S/C16H15FN4/c17-13-8-6-12(7-9-13)10-16-15(11-18)19-20-21(16)14-4-2-1-3-5-14/h1-9H,10-11,18H2. The Kier molecular flexibility index (Phi) is 3.75. The quantitative estimate of drug-likeness (QED) is 0.799. The minimum Gasteiger partial charge on any atom is -0.325 e. The number of benzene rings is 2. The third kappa shape index (κ3) is 2.83. The Labute approximate surface area is 122 Å². The van der Waals surface area contributed by atoms with Gasteiger partial charge in [0.15, 0.2) is 0 Å². The van der Waals surface area contributed by atoms with Gasteiger partial charge >= 0.3 is 0 Å². The molecule has 0 radical (unpaired) electrons. The van der Waals surface area contributed by atoms with E-state index in [9.17, 15) is 4.39 Å². The Balaban J connectivity index is 2.00. The maximum atomic E-state index is 13.0. The number of hydrogen-bond donors (Lipinski definition) is 1. The SMILES string of the molecule is NCc1nnn(-c2ccccc2)c1Cc1ccc(F)cc1. The Morgan fingerprint density at radius 2 is 1.71 bits per heavy atom. The summed E-state index contributed by atoms with van der Waals surface area (Å²) in [6.07, 6.45) is 0.606. The van der Waals surface area contributed by atoms with Crippen LogP contribution in [0.25, 0.3) is 5.69 Å². The molecule has 0 spiro atoms. The van der Waals surface area contributed by atoms with Crippen molar-refractivity contribution >= 4 is 0 Å². The highest BCUT2D eigenvalue weighted by Gasteiger charge is 2.13. The molecule has 0 saturated heterocycles. The maximum absolute atomic E-state index is 13.0. The van der Waals surface area contributed by atoms with Crippen LogP contribution in [0.1, 0.15) is 17.0 Å². The fourth-order valence-electron chi connectivity index (χ4n) is 2.24. The summed E-state index contributed by atoms with van der Waals surface area (Å²) in [7, 11) is 0. The second-order valence-corrected chi connectivity index (χ2v) is 4.74. The van der Waals surface area contributed by atoms with E-state index in [-0.39, 0.29) is 5.82 Å². The number of nitrogens with zero attached hydrogens (tertiary/aromatic N) is 3. The topological polar surface area (TPSA) is 56.7 Å². The van der Waals surface area contributed by atoms with Crippen LogP contribution in [0.4, 0.5) is 4.39 Å². The molecule has 3 rings (SSSR count). The van der Waals surface area contributed by atoms with Crippen molar-refractivity contribution in [2.24, 2.45) is 5.73 Å². The van der Waals surface area contributed by atoms with Gasteiger partial charge in [0, 0.05) is 13.0 Å². The van der Waals surface area contributed by atoms with Crippen LogP contribution in [-0.4, -0.2) is 15.0 Å². The lowest BCUT2D eigenvalue weighted by Crippen LogP contribution is -2.07. The van der Waals surface area contributed by atoms with Gasteiger partial charge in [0.1, 0.15) is 11.5 Å². The van der Waals surface area contributed by atoms with Crippen LogP contribution in [0.2, 0.25) is 0 Å². The molecule has 0 atom stereocenters. The van der Waals surface area contributed by atoms with E-state index in [4.69, 9.17) is 5.73 Å². The molecule has 0 aliphatic heterocycles. The van der Waals surface area contributed by atoms with Gasteiger partial charge in [-0.3, -0.25) is 0 Å². The third-order valence-electron chi connectivity index (χ3n) is 3.32. The van der Waals surface area contributed by atoms with E-state index in [2.05, 4.69) is 10.3 Å². The molecule has 2 N–H and O–H groups in total. The van der Waals surface area contributed by atoms with Crippen molar-refractivity contribution in [3.63, 3.8) is 0 Å². The van der Waals surface area contributed by atoms with Gasteiger partial charge in [-0.2, -0.15) is 0 Å². The van der Waals surface area contributed by atoms with Gasteiger partial charge in [-0.05, 0) is 29.8 Å². The molecule has 2 aromatic carbocycles. The molecule has 21 heavy (non-hydrogen) atoms. The van der Waals surface area contributed by atoms with Crippen LogP contribution in [0.3, 0.4) is 0 Å². The normalized spacial score (nSPS) is 10.8. The van der Waals surface area contributed by atoms with Crippen LogP contribution < -0.4 is 5.73 Å². The zero-order valence-electron chi connectivity index (χ0n) is 11.4. The second kappa shape index (κ2) is 5.85. The minimum atomic E-state index is -0.243. The fraction of sp³-hybridized carbons (Fsp3) is 0.125. The highest BCUT2D eigenvalue weighted by molar-refractivity contribution is 5.35. The van der Waals surface area contributed by atoms with E-state index in [0.29, 0.717) is 13.0 Å². The molecule has 0 aliphatic carbocycles. The van der Waals surface area contributed by atoms with Crippen LogP contribution in [0.5, 0.6) is 0 Å². The van der Waals surface area contributed by atoms with E-state index in [1.165, 1.54) is 12.1 Å². The van der Waals surface area contributed by atoms with Gasteiger partial charge in [-0.25, -0.2) is 9.07 Å². The van der Waals surface area contributed by atoms with Crippen molar-refractivity contribution in [2.75, 3.05) is 0 Å². The molecule has 0 bridgehead atoms. The summed E-state index contributed by atoms with van der Waals surface area (Å²) >= 11 is 0. The van der Waals surface area contributed by atoms with Crippen LogP contribution in [0.15, 0.2) is 54.6 Å². The summed E-state index contributed by atoms with van der Waals surface area (Å²) in [5.41, 5.74) is 9.35. The Morgan fingerprint density at radius 1 is 1.00 bits per heavy atom.